The fourth-order valence-electron chi connectivity index (χ4n) is 2.19. The number of hydrogen-bond acceptors (Lipinski definition) is 3. The van der Waals surface area contributed by atoms with Crippen LogP contribution < -0.4 is 11.1 Å². The van der Waals surface area contributed by atoms with Crippen LogP contribution in [0.2, 0.25) is 5.02 Å². The van der Waals surface area contributed by atoms with Crippen LogP contribution in [0.3, 0.4) is 0 Å². The predicted molar refractivity (Wildman–Crippen MR) is 84.0 cm³/mol. The zero-order valence-corrected chi connectivity index (χ0v) is 12.2. The van der Waals surface area contributed by atoms with Crippen LogP contribution in [0.25, 0.3) is 0 Å². The van der Waals surface area contributed by atoms with Crippen LogP contribution in [-0.2, 0) is 11.3 Å². The van der Waals surface area contributed by atoms with Gasteiger partial charge >= 0.3 is 0 Å². The smallest absolute Gasteiger partial charge is 0.0716 e. The van der Waals surface area contributed by atoms with Crippen molar-refractivity contribution in [1.82, 2.24) is 0 Å². The van der Waals surface area contributed by atoms with Crippen LogP contribution in [0.15, 0.2) is 48.5 Å². The molecule has 20 heavy (non-hydrogen) atoms. The van der Waals surface area contributed by atoms with Crippen molar-refractivity contribution in [2.75, 3.05) is 19.0 Å². The largest absolute Gasteiger partial charge is 0.380 e. The summed E-state index contributed by atoms with van der Waals surface area (Å²) in [4.78, 5) is 0. The van der Waals surface area contributed by atoms with Crippen molar-refractivity contribution in [3.05, 3.63) is 64.7 Å². The fraction of sp³-hybridized carbons (Fsp3) is 0.250. The van der Waals surface area contributed by atoms with Gasteiger partial charge in [0.15, 0.2) is 0 Å². The molecule has 4 heteroatoms. The molecule has 0 saturated heterocycles. The van der Waals surface area contributed by atoms with E-state index in [1.165, 1.54) is 0 Å². The zero-order valence-electron chi connectivity index (χ0n) is 11.5. The summed E-state index contributed by atoms with van der Waals surface area (Å²) in [6.07, 6.45) is 0. The fourth-order valence-corrected chi connectivity index (χ4v) is 2.38. The van der Waals surface area contributed by atoms with E-state index in [1.807, 2.05) is 36.4 Å². The summed E-state index contributed by atoms with van der Waals surface area (Å²) in [5.74, 6) is 0. The molecule has 0 radical (unpaired) electrons. The van der Waals surface area contributed by atoms with E-state index in [9.17, 15) is 0 Å². The average molecular weight is 291 g/mol. The van der Waals surface area contributed by atoms with E-state index in [0.717, 1.165) is 16.8 Å². The van der Waals surface area contributed by atoms with Gasteiger partial charge in [-0.1, -0.05) is 48.0 Å². The summed E-state index contributed by atoms with van der Waals surface area (Å²) in [6.45, 7) is 1.04. The molecule has 2 aromatic carbocycles. The molecule has 0 amide bonds. The molecule has 0 spiro atoms. The molecule has 0 aliphatic heterocycles. The number of hydrogen-bond donors (Lipinski definition) is 2. The van der Waals surface area contributed by atoms with Crippen molar-refractivity contribution < 1.29 is 4.74 Å². The lowest BCUT2D eigenvalue weighted by Crippen LogP contribution is -2.22. The van der Waals surface area contributed by atoms with Crippen molar-refractivity contribution in [3.8, 4) is 0 Å². The zero-order chi connectivity index (χ0) is 14.4. The molecule has 2 rings (SSSR count). The Kier molecular flexibility index (Phi) is 5.41. The van der Waals surface area contributed by atoms with Crippen LogP contribution in [0, 0.1) is 0 Å². The molecule has 0 fully saturated rings. The lowest BCUT2D eigenvalue weighted by Gasteiger charge is -2.22. The maximum absolute atomic E-state index is 6.19. The van der Waals surface area contributed by atoms with Gasteiger partial charge in [-0.05, 0) is 23.3 Å². The molecule has 0 aliphatic carbocycles. The molecule has 1 atom stereocenters. The second kappa shape index (κ2) is 7.29. The summed E-state index contributed by atoms with van der Waals surface area (Å²) in [6, 6.07) is 15.8. The highest BCUT2D eigenvalue weighted by atomic mass is 35.5. The van der Waals surface area contributed by atoms with Crippen LogP contribution in [0.1, 0.15) is 17.2 Å². The van der Waals surface area contributed by atoms with E-state index in [2.05, 4.69) is 17.4 Å². The van der Waals surface area contributed by atoms with Gasteiger partial charge in [-0.15, -0.1) is 0 Å². The Bertz CT molecular complexity index is 560. The van der Waals surface area contributed by atoms with Gasteiger partial charge in [-0.2, -0.15) is 0 Å². The number of nitrogens with one attached hydrogen (secondary N) is 1. The number of halogens is 1. The highest BCUT2D eigenvalue weighted by Gasteiger charge is 2.14. The molecule has 3 nitrogen and oxygen atoms in total. The number of anilines is 1. The summed E-state index contributed by atoms with van der Waals surface area (Å²) >= 11 is 6.19. The molecule has 0 aromatic heterocycles. The quantitative estimate of drug-likeness (QED) is 0.854. The maximum Gasteiger partial charge on any atom is 0.0716 e. The van der Waals surface area contributed by atoms with Gasteiger partial charge in [0.05, 0.1) is 23.4 Å². The third-order valence-corrected chi connectivity index (χ3v) is 3.50. The lowest BCUT2D eigenvalue weighted by molar-refractivity contribution is 0.184. The summed E-state index contributed by atoms with van der Waals surface area (Å²) in [5.41, 5.74) is 9.07. The first-order chi connectivity index (χ1) is 9.76. The van der Waals surface area contributed by atoms with E-state index < -0.39 is 0 Å². The number of nitrogens with two attached hydrogens (primary N) is 1. The number of ether oxygens (including phenoxy) is 1. The van der Waals surface area contributed by atoms with Crippen LogP contribution in [-0.4, -0.2) is 13.7 Å². The second-order valence-electron chi connectivity index (χ2n) is 4.54. The SMILES string of the molecule is COCc1ccccc1C(CN)Nc1ccccc1Cl. The predicted octanol–water partition coefficient (Wildman–Crippen LogP) is 3.60. The Balaban J connectivity index is 2.27. The minimum absolute atomic E-state index is 0.00116. The lowest BCUT2D eigenvalue weighted by atomic mass is 10.0. The molecular formula is C16H19ClN2O. The van der Waals surface area contributed by atoms with E-state index >= 15 is 0 Å². The Morgan fingerprint density at radius 2 is 1.85 bits per heavy atom. The van der Waals surface area contributed by atoms with Gasteiger partial charge in [0.1, 0.15) is 0 Å². The molecule has 1 unspecified atom stereocenters. The number of rotatable bonds is 6. The highest BCUT2D eigenvalue weighted by molar-refractivity contribution is 6.33. The molecule has 3 N–H and O–H groups in total. The van der Waals surface area contributed by atoms with E-state index in [-0.39, 0.29) is 6.04 Å². The summed E-state index contributed by atoms with van der Waals surface area (Å²) in [5, 5.41) is 4.09. The van der Waals surface area contributed by atoms with Crippen molar-refractivity contribution in [2.24, 2.45) is 5.73 Å². The standard InChI is InChI=1S/C16H19ClN2O/c1-20-11-12-6-2-3-7-13(12)16(10-18)19-15-9-5-4-8-14(15)17/h2-9,16,19H,10-11,18H2,1H3. The topological polar surface area (TPSA) is 47.3 Å². The van der Waals surface area contributed by atoms with Gasteiger partial charge in [0.25, 0.3) is 0 Å². The van der Waals surface area contributed by atoms with Crippen molar-refractivity contribution in [3.63, 3.8) is 0 Å². The summed E-state index contributed by atoms with van der Waals surface area (Å²) in [7, 11) is 1.69. The van der Waals surface area contributed by atoms with Crippen molar-refractivity contribution in [1.29, 1.82) is 0 Å². The Hall–Kier alpha value is -1.55. The van der Waals surface area contributed by atoms with Crippen LogP contribution in [0.4, 0.5) is 5.69 Å². The molecule has 2 aromatic rings. The van der Waals surface area contributed by atoms with E-state index in [0.29, 0.717) is 18.2 Å². The molecule has 0 saturated carbocycles. The Morgan fingerprint density at radius 1 is 1.15 bits per heavy atom. The summed E-state index contributed by atoms with van der Waals surface area (Å²) < 4.78 is 5.24. The Morgan fingerprint density at radius 3 is 2.55 bits per heavy atom. The molecular weight excluding hydrogens is 272 g/mol. The van der Waals surface area contributed by atoms with Gasteiger partial charge < -0.3 is 15.8 Å². The number of methoxy groups -OCH3 is 1. The molecule has 0 bridgehead atoms. The minimum Gasteiger partial charge on any atom is -0.380 e. The molecule has 106 valence electrons. The van der Waals surface area contributed by atoms with E-state index in [4.69, 9.17) is 22.1 Å². The number of para-hydroxylation sites is 1. The monoisotopic (exact) mass is 290 g/mol. The first-order valence-corrected chi connectivity index (χ1v) is 6.92. The van der Waals surface area contributed by atoms with Gasteiger partial charge in [-0.3, -0.25) is 0 Å². The van der Waals surface area contributed by atoms with Gasteiger partial charge in [0.2, 0.25) is 0 Å². The third kappa shape index (κ3) is 3.51. The molecule has 0 heterocycles. The van der Waals surface area contributed by atoms with Crippen LogP contribution >= 0.6 is 11.6 Å². The Labute approximate surface area is 124 Å². The minimum atomic E-state index is 0.00116. The number of benzene rings is 2. The van der Waals surface area contributed by atoms with E-state index in [1.54, 1.807) is 7.11 Å². The third-order valence-electron chi connectivity index (χ3n) is 3.17. The molecule has 0 aliphatic rings. The van der Waals surface area contributed by atoms with Crippen LogP contribution in [0.5, 0.6) is 0 Å². The normalized spacial score (nSPS) is 12.2. The first kappa shape index (κ1) is 14.9. The highest BCUT2D eigenvalue weighted by Crippen LogP contribution is 2.27. The van der Waals surface area contributed by atoms with Gasteiger partial charge in [0, 0.05) is 13.7 Å². The average Bonchev–Trinajstić information content (AvgIpc) is 2.48. The van der Waals surface area contributed by atoms with Crippen molar-refractivity contribution >= 4 is 17.3 Å². The maximum atomic E-state index is 6.19. The van der Waals surface area contributed by atoms with Gasteiger partial charge in [-0.25, -0.2) is 0 Å². The first-order valence-electron chi connectivity index (χ1n) is 6.54. The van der Waals surface area contributed by atoms with Crippen molar-refractivity contribution in [2.45, 2.75) is 12.6 Å². The second-order valence-corrected chi connectivity index (χ2v) is 4.95.